The zero-order valence-corrected chi connectivity index (χ0v) is 56.5. The predicted octanol–water partition coefficient (Wildman–Crippen LogP) is -9.51. The van der Waals surface area contributed by atoms with Gasteiger partial charge in [0.1, 0.15) is 59.3 Å². The second-order valence-corrected chi connectivity index (χ2v) is 26.0. The molecule has 0 radical (unpaired) electrons. The lowest BCUT2D eigenvalue weighted by Gasteiger charge is -2.35. The van der Waals surface area contributed by atoms with Crippen LogP contribution in [0.5, 0.6) is 5.75 Å². The number of carbonyl (C=O) groups is 17. The van der Waals surface area contributed by atoms with E-state index in [1.807, 2.05) is 0 Å². The van der Waals surface area contributed by atoms with Gasteiger partial charge in [-0.25, -0.2) is 9.59 Å². The van der Waals surface area contributed by atoms with Crippen LogP contribution in [0.1, 0.15) is 44.1 Å². The number of unbranched alkanes of at least 4 members (excludes halogenated alkanes) is 1. The van der Waals surface area contributed by atoms with Crippen LogP contribution in [0.3, 0.4) is 0 Å². The number of benzene rings is 1. The Morgan fingerprint density at radius 3 is 1.76 bits per heavy atom. The van der Waals surface area contributed by atoms with Gasteiger partial charge < -0.3 is 96.5 Å². The lowest BCUT2D eigenvalue weighted by atomic mass is 10.0. The maximum Gasteiger partial charge on any atom is 0.338 e. The molecule has 536 valence electrons. The van der Waals surface area contributed by atoms with Crippen LogP contribution in [0.4, 0.5) is 0 Å². The summed E-state index contributed by atoms with van der Waals surface area (Å²) in [5.41, 5.74) is 17.2. The van der Waals surface area contributed by atoms with E-state index in [0.29, 0.717) is 30.7 Å². The molecule has 1 aromatic carbocycles. The van der Waals surface area contributed by atoms with Gasteiger partial charge in [0.05, 0.1) is 51.3 Å². The first-order chi connectivity index (χ1) is 46.1. The van der Waals surface area contributed by atoms with Crippen LogP contribution in [0.25, 0.3) is 0 Å². The lowest BCUT2D eigenvalue weighted by Crippen LogP contribution is -2.63. The molecule has 9 atom stereocenters. The smallest absolute Gasteiger partial charge is 0.338 e. The molecule has 0 bridgehead atoms. The van der Waals surface area contributed by atoms with E-state index in [0.717, 1.165) is 23.5 Å². The Morgan fingerprint density at radius 2 is 1.22 bits per heavy atom. The fourth-order valence-electron chi connectivity index (χ4n) is 8.97. The summed E-state index contributed by atoms with van der Waals surface area (Å²) in [6.45, 7) is -3.41. The number of primary amides is 1. The minimum absolute atomic E-state index is 0.00207. The quantitative estimate of drug-likeness (QED) is 0.0130. The van der Waals surface area contributed by atoms with Gasteiger partial charge in [-0.2, -0.15) is 41.5 Å². The summed E-state index contributed by atoms with van der Waals surface area (Å²) in [7, 11) is 0. The molecule has 97 heavy (non-hydrogen) atoms. The molecule has 21 N–H and O–H groups in total. The third kappa shape index (κ3) is 27.8. The van der Waals surface area contributed by atoms with Crippen LogP contribution < -0.4 is 86.3 Å². The number of ether oxygens (including phenoxy) is 1. The van der Waals surface area contributed by atoms with E-state index in [-0.39, 0.29) is 86.3 Å². The molecule has 3 fully saturated rings. The standard InChI is InChI=1S/C55H81N17O20S5/c56-9-2-1-4-30(69-54(90)37-23-96-25-44(79)65-31(12-28-5-7-29(73)8-6-28)52(88)70-36(22-95-11-3-10-57)51(87)63-17-41(76)64-32(13-46(81)82)53(89)71-37)48(84)61-18-42(77)67-34(21-94)50(86)62-19-43(78)66-33(20-93)49(85)60-15-39(74)59-16-40(75)68-35(47(58)83)24-97-38-14-45(80)72(55(38)91)26-92-27-72/h5-8,30-38H,1-4,9-27,56-57H2,(H18-,58,59,60,61,62,63,64,65,66,67,68,69,70,71,73,74,75,76,77,78,79,81,82,83,84,85,86,87,88,89,90,93,94)/p+1/t30-,31-,32+,33-,34-,35-,36+,37+,38?/m0/s1. The van der Waals surface area contributed by atoms with Crippen LogP contribution in [0.2, 0.25) is 0 Å². The number of phenols is 1. The number of nitrogens with two attached hydrogens (primary N) is 3. The maximum atomic E-state index is 14.2. The number of rotatable bonds is 35. The number of carboxylic acids is 1. The van der Waals surface area contributed by atoms with Crippen molar-refractivity contribution in [3.8, 4) is 5.75 Å². The van der Waals surface area contributed by atoms with Crippen LogP contribution in [-0.4, -0.2) is 268 Å². The van der Waals surface area contributed by atoms with Crippen molar-refractivity contribution in [3.63, 3.8) is 0 Å². The topological polar surface area (TPSA) is 574 Å². The minimum atomic E-state index is -1.86. The van der Waals surface area contributed by atoms with Crippen molar-refractivity contribution in [3.05, 3.63) is 29.8 Å². The Hall–Kier alpha value is -8.00. The minimum Gasteiger partial charge on any atom is -0.508 e. The molecule has 16 amide bonds. The number of aliphatic carboxylic acids is 1. The lowest BCUT2D eigenvalue weighted by molar-refractivity contribution is -0.890. The van der Waals surface area contributed by atoms with Gasteiger partial charge in [0, 0.05) is 35.2 Å². The summed E-state index contributed by atoms with van der Waals surface area (Å²) in [5.74, 6) is -16.7. The molecule has 0 saturated carbocycles. The fourth-order valence-corrected chi connectivity index (χ4v) is 12.6. The molecule has 37 nitrogen and oxygen atoms in total. The summed E-state index contributed by atoms with van der Waals surface area (Å²) in [4.78, 5) is 222. The number of thioether (sulfide) groups is 3. The van der Waals surface area contributed by atoms with Crippen LogP contribution in [-0.2, 0) is 92.7 Å². The Balaban J connectivity index is 1.33. The molecule has 1 spiro atoms. The summed E-state index contributed by atoms with van der Waals surface area (Å²) in [6.07, 6.45) is -0.236. The third-order valence-corrected chi connectivity index (χ3v) is 18.5. The highest BCUT2D eigenvalue weighted by Gasteiger charge is 2.60. The van der Waals surface area contributed by atoms with Gasteiger partial charge in [-0.15, -0.1) is 23.5 Å². The molecule has 3 heterocycles. The summed E-state index contributed by atoms with van der Waals surface area (Å²) < 4.78 is 4.59. The van der Waals surface area contributed by atoms with E-state index in [2.05, 4.69) is 94.4 Å². The van der Waals surface area contributed by atoms with E-state index < -0.39 is 197 Å². The molecule has 0 aromatic heterocycles. The number of nitrogens with one attached hydrogen (secondary N) is 13. The predicted molar refractivity (Wildman–Crippen MR) is 355 cm³/mol. The largest absolute Gasteiger partial charge is 0.508 e. The highest BCUT2D eigenvalue weighted by atomic mass is 32.2. The number of phenolic OH excluding ortho intramolecular Hbond substituents is 1. The Labute approximate surface area is 579 Å². The van der Waals surface area contributed by atoms with Gasteiger partial charge in [0.2, 0.25) is 96.2 Å². The van der Waals surface area contributed by atoms with Crippen molar-refractivity contribution in [2.75, 3.05) is 99.5 Å². The average molecular weight is 1460 g/mol. The highest BCUT2D eigenvalue weighted by molar-refractivity contribution is 8.00. The van der Waals surface area contributed by atoms with Crippen LogP contribution in [0, 0.1) is 0 Å². The van der Waals surface area contributed by atoms with Gasteiger partial charge >= 0.3 is 17.8 Å². The monoisotopic (exact) mass is 1460 g/mol. The maximum absolute atomic E-state index is 14.2. The average Bonchev–Trinajstić information content (AvgIpc) is 1.61. The molecular weight excluding hydrogens is 1380 g/mol. The number of amides is 16. The van der Waals surface area contributed by atoms with E-state index in [4.69, 9.17) is 21.9 Å². The highest BCUT2D eigenvalue weighted by Crippen LogP contribution is 2.35. The molecule has 42 heteroatoms. The molecule has 0 aliphatic carbocycles. The van der Waals surface area contributed by atoms with Crippen molar-refractivity contribution >= 4 is 161 Å². The number of carbonyl (C=O) groups excluding carboxylic acids is 16. The van der Waals surface area contributed by atoms with Crippen molar-refractivity contribution in [1.29, 1.82) is 0 Å². The van der Waals surface area contributed by atoms with Crippen LogP contribution >= 0.6 is 60.5 Å². The first-order valence-corrected chi connectivity index (χ1v) is 34.7. The number of hydrogen-bond acceptors (Lipinski definition) is 26. The van der Waals surface area contributed by atoms with Gasteiger partial charge in [-0.3, -0.25) is 76.7 Å². The number of imide groups is 1. The van der Waals surface area contributed by atoms with Gasteiger partial charge in [0.25, 0.3) is 0 Å². The van der Waals surface area contributed by atoms with Crippen molar-refractivity contribution < 1.29 is 101 Å². The van der Waals surface area contributed by atoms with E-state index in [1.165, 1.54) is 36.0 Å². The number of thiol groups is 2. The normalized spacial score (nSPS) is 20.3. The molecule has 1 aromatic rings. The SMILES string of the molecule is NCCCC[C@H](NC(=O)[C@H]1CSCC(=O)N[C@@H](Cc2ccc(O)cc2)C(=O)N[C@H](CSCCCN)C(=O)NCC(=O)N[C@H](CC(=O)O)C(=O)N1)C(=O)NCC(=O)N[C@@H](CS)C(=O)NCC(=O)N[C@@H](CS)C(=O)NCC(=O)NCC(=O)N[C@@H](CSC1CC(=O)[N+]2(COC2)C1=O)C(N)=O. The van der Waals surface area contributed by atoms with E-state index in [9.17, 15) is 91.7 Å². The number of quaternary nitrogens is 1. The van der Waals surface area contributed by atoms with E-state index >= 15 is 0 Å². The first kappa shape index (κ1) is 81.4. The Bertz CT molecular complexity index is 3050. The third-order valence-electron chi connectivity index (χ3n) is 14.3. The van der Waals surface area contributed by atoms with E-state index in [1.54, 1.807) is 0 Å². The summed E-state index contributed by atoms with van der Waals surface area (Å²) >= 11 is 11.1. The number of aromatic hydroxyl groups is 1. The molecular formula is C55H82N17O20S5+. The van der Waals surface area contributed by atoms with Crippen molar-refractivity contribution in [2.24, 2.45) is 17.2 Å². The second kappa shape index (κ2) is 42.0. The molecule has 3 saturated heterocycles. The molecule has 3 aliphatic rings. The van der Waals surface area contributed by atoms with Crippen molar-refractivity contribution in [1.82, 2.24) is 69.1 Å². The summed E-state index contributed by atoms with van der Waals surface area (Å²) in [6, 6.07) is -5.97. The van der Waals surface area contributed by atoms with Crippen molar-refractivity contribution in [2.45, 2.75) is 98.5 Å². The number of carboxylic acid groups (broad SMARTS) is 1. The zero-order valence-electron chi connectivity index (χ0n) is 52.3. The molecule has 1 unspecified atom stereocenters. The second-order valence-electron chi connectivity index (χ2n) is 21.9. The molecule has 4 rings (SSSR count). The fraction of sp³-hybridized carbons (Fsp3) is 0.582. The Kier molecular flexibility index (Phi) is 35.2. The van der Waals surface area contributed by atoms with Gasteiger partial charge in [-0.05, 0) is 62.2 Å². The summed E-state index contributed by atoms with van der Waals surface area (Å²) in [5, 5.41) is 49.5. The van der Waals surface area contributed by atoms with Gasteiger partial charge in [0.15, 0.2) is 0 Å². The zero-order chi connectivity index (χ0) is 71.8. The van der Waals surface area contributed by atoms with Crippen LogP contribution in [0.15, 0.2) is 24.3 Å². The Morgan fingerprint density at radius 1 is 0.660 bits per heavy atom. The first-order valence-electron chi connectivity index (χ1n) is 30.1. The van der Waals surface area contributed by atoms with Gasteiger partial charge in [-0.1, -0.05) is 12.1 Å². The number of nitrogens with zero attached hydrogens (tertiary/aromatic N) is 1. The number of hydrogen-bond donors (Lipinski definition) is 20. The molecule has 3 aliphatic heterocycles.